The van der Waals surface area contributed by atoms with Crippen LogP contribution in [0.4, 0.5) is 0 Å². The summed E-state index contributed by atoms with van der Waals surface area (Å²) in [6, 6.07) is 13.4. The normalized spacial score (nSPS) is 17.8. The predicted octanol–water partition coefficient (Wildman–Crippen LogP) is 3.82. The fraction of sp³-hybridized carbons (Fsp3) is 0.278. The Labute approximate surface area is 143 Å². The first kappa shape index (κ1) is 15.1. The molecule has 1 unspecified atom stereocenters. The molecule has 0 spiro atoms. The molecule has 1 aliphatic heterocycles. The quantitative estimate of drug-likeness (QED) is 0.728. The predicted molar refractivity (Wildman–Crippen MR) is 91.9 cm³/mol. The lowest BCUT2D eigenvalue weighted by Crippen LogP contribution is -2.39. The molecule has 5 nitrogen and oxygen atoms in total. The average Bonchev–Trinajstić information content (AvgIpc) is 3.33. The minimum Gasteiger partial charge on any atom is -0.339 e. The summed E-state index contributed by atoms with van der Waals surface area (Å²) in [6.45, 7) is 1.40. The molecule has 0 radical (unpaired) electrons. The first-order valence-corrected chi connectivity index (χ1v) is 8.91. The van der Waals surface area contributed by atoms with Gasteiger partial charge in [0.25, 0.3) is 5.91 Å². The van der Waals surface area contributed by atoms with Crippen LogP contribution in [-0.4, -0.2) is 34.0 Å². The highest BCUT2D eigenvalue weighted by Crippen LogP contribution is 2.29. The van der Waals surface area contributed by atoms with Crippen molar-refractivity contribution in [3.8, 4) is 10.7 Å². The monoisotopic (exact) mass is 339 g/mol. The molecular formula is C18H17N3O2S. The van der Waals surface area contributed by atoms with E-state index in [-0.39, 0.29) is 11.8 Å². The Morgan fingerprint density at radius 2 is 2.08 bits per heavy atom. The molecule has 1 atom stereocenters. The number of amides is 1. The third kappa shape index (κ3) is 2.97. The third-order valence-corrected chi connectivity index (χ3v) is 5.13. The van der Waals surface area contributed by atoms with Crippen LogP contribution in [0.3, 0.4) is 0 Å². The molecule has 0 aliphatic carbocycles. The topological polar surface area (TPSA) is 59.2 Å². The Morgan fingerprint density at radius 1 is 1.21 bits per heavy atom. The number of rotatable bonds is 3. The van der Waals surface area contributed by atoms with Gasteiger partial charge in [-0.25, -0.2) is 0 Å². The highest BCUT2D eigenvalue weighted by Gasteiger charge is 2.29. The summed E-state index contributed by atoms with van der Waals surface area (Å²) in [5.41, 5.74) is 0.725. The lowest BCUT2D eigenvalue weighted by atomic mass is 9.97. The Bertz CT molecular complexity index is 814. The van der Waals surface area contributed by atoms with Crippen LogP contribution in [0.5, 0.6) is 0 Å². The standard InChI is InChI=1S/C18H17N3O2S/c22-18(13-6-2-1-3-7-13)21-10-4-8-14(12-21)17-19-16(20-23-17)15-9-5-11-24-15/h1-3,5-7,9,11,14H,4,8,10,12H2. The van der Waals surface area contributed by atoms with Gasteiger partial charge in [-0.2, -0.15) is 4.98 Å². The molecule has 3 heterocycles. The molecule has 1 saturated heterocycles. The third-order valence-electron chi connectivity index (χ3n) is 4.26. The average molecular weight is 339 g/mol. The van der Waals surface area contributed by atoms with Gasteiger partial charge in [0.2, 0.25) is 11.7 Å². The lowest BCUT2D eigenvalue weighted by molar-refractivity contribution is 0.0695. The van der Waals surface area contributed by atoms with Crippen molar-refractivity contribution in [2.45, 2.75) is 18.8 Å². The molecule has 6 heteroatoms. The molecule has 0 N–H and O–H groups in total. The van der Waals surface area contributed by atoms with E-state index in [4.69, 9.17) is 4.52 Å². The highest BCUT2D eigenvalue weighted by molar-refractivity contribution is 7.13. The molecule has 0 saturated carbocycles. The molecule has 1 aliphatic rings. The summed E-state index contributed by atoms with van der Waals surface area (Å²) in [5, 5.41) is 6.08. The second kappa shape index (κ2) is 6.57. The van der Waals surface area contributed by atoms with Gasteiger partial charge in [-0.15, -0.1) is 11.3 Å². The molecule has 24 heavy (non-hydrogen) atoms. The van der Waals surface area contributed by atoms with Crippen LogP contribution >= 0.6 is 11.3 Å². The minimum atomic E-state index is 0.0679. The van der Waals surface area contributed by atoms with E-state index in [0.29, 0.717) is 18.3 Å². The van der Waals surface area contributed by atoms with Gasteiger partial charge in [0.15, 0.2) is 0 Å². The van der Waals surface area contributed by atoms with E-state index in [2.05, 4.69) is 10.1 Å². The van der Waals surface area contributed by atoms with E-state index in [1.54, 1.807) is 11.3 Å². The fourth-order valence-electron chi connectivity index (χ4n) is 3.03. The minimum absolute atomic E-state index is 0.0679. The maximum atomic E-state index is 12.6. The van der Waals surface area contributed by atoms with Gasteiger partial charge in [-0.3, -0.25) is 4.79 Å². The fourth-order valence-corrected chi connectivity index (χ4v) is 3.68. The summed E-state index contributed by atoms with van der Waals surface area (Å²) >= 11 is 1.59. The zero-order chi connectivity index (χ0) is 16.4. The summed E-state index contributed by atoms with van der Waals surface area (Å²) < 4.78 is 5.47. The Balaban J connectivity index is 1.50. The van der Waals surface area contributed by atoms with Crippen molar-refractivity contribution in [2.75, 3.05) is 13.1 Å². The number of thiophene rings is 1. The van der Waals surface area contributed by atoms with E-state index in [1.807, 2.05) is 52.7 Å². The molecule has 0 bridgehead atoms. The van der Waals surface area contributed by atoms with Gasteiger partial charge in [-0.1, -0.05) is 29.4 Å². The Kier molecular flexibility index (Phi) is 4.13. The number of hydrogen-bond donors (Lipinski definition) is 0. The molecule has 4 rings (SSSR count). The molecule has 3 aromatic rings. The molecule has 122 valence electrons. The largest absolute Gasteiger partial charge is 0.339 e. The second-order valence-corrected chi connectivity index (χ2v) is 6.84. The zero-order valence-corrected chi connectivity index (χ0v) is 13.9. The van der Waals surface area contributed by atoms with E-state index in [1.165, 1.54) is 0 Å². The van der Waals surface area contributed by atoms with Crippen molar-refractivity contribution in [1.29, 1.82) is 0 Å². The first-order chi connectivity index (χ1) is 11.8. The Hall–Kier alpha value is -2.47. The molecular weight excluding hydrogens is 322 g/mol. The van der Waals surface area contributed by atoms with Crippen LogP contribution in [-0.2, 0) is 0 Å². The van der Waals surface area contributed by atoms with Crippen LogP contribution in [0.2, 0.25) is 0 Å². The van der Waals surface area contributed by atoms with E-state index < -0.39 is 0 Å². The van der Waals surface area contributed by atoms with Crippen LogP contribution in [0, 0.1) is 0 Å². The van der Waals surface area contributed by atoms with E-state index >= 15 is 0 Å². The van der Waals surface area contributed by atoms with Gasteiger partial charge >= 0.3 is 0 Å². The van der Waals surface area contributed by atoms with Crippen LogP contribution in [0.25, 0.3) is 10.7 Å². The van der Waals surface area contributed by atoms with Gasteiger partial charge < -0.3 is 9.42 Å². The zero-order valence-electron chi connectivity index (χ0n) is 13.1. The number of carbonyl (C=O) groups is 1. The molecule has 1 aromatic carbocycles. The van der Waals surface area contributed by atoms with Crippen molar-refractivity contribution in [2.24, 2.45) is 0 Å². The maximum Gasteiger partial charge on any atom is 0.253 e. The van der Waals surface area contributed by atoms with Crippen LogP contribution in [0.1, 0.15) is 35.0 Å². The van der Waals surface area contributed by atoms with Gasteiger partial charge in [0.05, 0.1) is 10.8 Å². The number of likely N-dealkylation sites (tertiary alicyclic amines) is 1. The smallest absolute Gasteiger partial charge is 0.253 e. The number of piperidine rings is 1. The summed E-state index contributed by atoms with van der Waals surface area (Å²) in [7, 11) is 0. The van der Waals surface area contributed by atoms with Crippen molar-refractivity contribution < 1.29 is 9.32 Å². The van der Waals surface area contributed by atoms with Crippen molar-refractivity contribution >= 4 is 17.2 Å². The summed E-state index contributed by atoms with van der Waals surface area (Å²) in [6.07, 6.45) is 1.91. The van der Waals surface area contributed by atoms with Gasteiger partial charge in [-0.05, 0) is 36.4 Å². The van der Waals surface area contributed by atoms with Crippen LogP contribution in [0.15, 0.2) is 52.4 Å². The molecule has 2 aromatic heterocycles. The summed E-state index contributed by atoms with van der Waals surface area (Å²) in [4.78, 5) is 20.1. The highest BCUT2D eigenvalue weighted by atomic mass is 32.1. The van der Waals surface area contributed by atoms with E-state index in [0.717, 1.165) is 29.8 Å². The number of nitrogens with zero attached hydrogens (tertiary/aromatic N) is 3. The van der Waals surface area contributed by atoms with Crippen molar-refractivity contribution in [1.82, 2.24) is 15.0 Å². The number of benzene rings is 1. The maximum absolute atomic E-state index is 12.6. The SMILES string of the molecule is O=C(c1ccccc1)N1CCCC(c2nc(-c3cccs3)no2)C1. The van der Waals surface area contributed by atoms with Crippen LogP contribution < -0.4 is 0 Å². The Morgan fingerprint density at radius 3 is 2.88 bits per heavy atom. The number of hydrogen-bond acceptors (Lipinski definition) is 5. The van der Waals surface area contributed by atoms with Crippen molar-refractivity contribution in [3.05, 3.63) is 59.3 Å². The second-order valence-electron chi connectivity index (χ2n) is 5.89. The van der Waals surface area contributed by atoms with E-state index in [9.17, 15) is 4.79 Å². The summed E-state index contributed by atoms with van der Waals surface area (Å²) in [5.74, 6) is 1.43. The molecule has 1 fully saturated rings. The number of carbonyl (C=O) groups excluding carboxylic acids is 1. The first-order valence-electron chi connectivity index (χ1n) is 8.03. The lowest BCUT2D eigenvalue weighted by Gasteiger charge is -2.31. The van der Waals surface area contributed by atoms with Gasteiger partial charge in [0, 0.05) is 18.7 Å². The molecule has 1 amide bonds. The number of aromatic nitrogens is 2. The van der Waals surface area contributed by atoms with Gasteiger partial charge in [0.1, 0.15) is 0 Å². The van der Waals surface area contributed by atoms with Crippen molar-refractivity contribution in [3.63, 3.8) is 0 Å².